The molecule has 3 amide bonds. The Kier molecular flexibility index (Phi) is 2.43. The van der Waals surface area contributed by atoms with E-state index in [1.807, 2.05) is 0 Å². The molecule has 0 saturated carbocycles. The Morgan fingerprint density at radius 1 is 1.38 bits per heavy atom. The summed E-state index contributed by atoms with van der Waals surface area (Å²) >= 11 is 0. The van der Waals surface area contributed by atoms with Gasteiger partial charge in [0.15, 0.2) is 0 Å². The molecule has 6 nitrogen and oxygen atoms in total. The number of carbonyl (C=O) groups is 3. The van der Waals surface area contributed by atoms with Crippen LogP contribution in [-0.2, 0) is 14.4 Å². The standard InChI is InChI=1S/C7H9N3O3/c8-3-4(7(9)13)10-5(11)1-2-6(10)12/h1-2,4H,3,8H2,(H2,9,13)/t4-/m1/s1. The van der Waals surface area contributed by atoms with Crippen LogP contribution in [0.1, 0.15) is 0 Å². The minimum Gasteiger partial charge on any atom is -0.368 e. The first-order chi connectivity index (χ1) is 6.07. The SMILES string of the molecule is NC[C@H](C(N)=O)N1C(=O)C=CC1=O. The maximum atomic E-state index is 11.0. The molecule has 4 N–H and O–H groups in total. The zero-order chi connectivity index (χ0) is 10.0. The molecule has 0 saturated heterocycles. The predicted octanol–water partition coefficient (Wildman–Crippen LogP) is -2.28. The average Bonchev–Trinajstić information content (AvgIpc) is 2.36. The quantitative estimate of drug-likeness (QED) is 0.481. The van der Waals surface area contributed by atoms with Gasteiger partial charge in [0.25, 0.3) is 11.8 Å². The number of hydrogen-bond donors (Lipinski definition) is 2. The number of imide groups is 1. The van der Waals surface area contributed by atoms with Crippen molar-refractivity contribution in [2.75, 3.05) is 6.54 Å². The van der Waals surface area contributed by atoms with Crippen molar-refractivity contribution in [1.29, 1.82) is 0 Å². The Hall–Kier alpha value is -1.69. The van der Waals surface area contributed by atoms with E-state index in [9.17, 15) is 14.4 Å². The van der Waals surface area contributed by atoms with Gasteiger partial charge in [-0.25, -0.2) is 0 Å². The minimum atomic E-state index is -1.05. The van der Waals surface area contributed by atoms with Crippen LogP contribution in [0.25, 0.3) is 0 Å². The van der Waals surface area contributed by atoms with Crippen LogP contribution < -0.4 is 11.5 Å². The molecule has 0 aromatic rings. The highest BCUT2D eigenvalue weighted by atomic mass is 16.2. The van der Waals surface area contributed by atoms with Gasteiger partial charge in [0.1, 0.15) is 6.04 Å². The van der Waals surface area contributed by atoms with Gasteiger partial charge in [-0.2, -0.15) is 0 Å². The van der Waals surface area contributed by atoms with Crippen LogP contribution >= 0.6 is 0 Å². The number of rotatable bonds is 3. The van der Waals surface area contributed by atoms with E-state index in [0.717, 1.165) is 17.1 Å². The highest BCUT2D eigenvalue weighted by Crippen LogP contribution is 2.07. The van der Waals surface area contributed by atoms with Crippen molar-refractivity contribution in [3.63, 3.8) is 0 Å². The molecule has 1 heterocycles. The molecule has 0 aromatic heterocycles. The molecule has 0 aromatic carbocycles. The van der Waals surface area contributed by atoms with Crippen molar-refractivity contribution in [2.45, 2.75) is 6.04 Å². The topological polar surface area (TPSA) is 106 Å². The number of carbonyl (C=O) groups excluding carboxylic acids is 3. The third-order valence-electron chi connectivity index (χ3n) is 1.71. The van der Waals surface area contributed by atoms with E-state index in [2.05, 4.69) is 0 Å². The monoisotopic (exact) mass is 183 g/mol. The molecule has 0 spiro atoms. The Balaban J connectivity index is 2.87. The van der Waals surface area contributed by atoms with Gasteiger partial charge in [-0.3, -0.25) is 19.3 Å². The van der Waals surface area contributed by atoms with Crippen molar-refractivity contribution >= 4 is 17.7 Å². The van der Waals surface area contributed by atoms with Gasteiger partial charge in [-0.1, -0.05) is 0 Å². The second-order valence-electron chi connectivity index (χ2n) is 2.53. The second-order valence-corrected chi connectivity index (χ2v) is 2.53. The lowest BCUT2D eigenvalue weighted by atomic mass is 10.2. The van der Waals surface area contributed by atoms with E-state index in [0.29, 0.717) is 0 Å². The van der Waals surface area contributed by atoms with Gasteiger partial charge in [-0.15, -0.1) is 0 Å². The molecular formula is C7H9N3O3. The van der Waals surface area contributed by atoms with Crippen molar-refractivity contribution in [3.05, 3.63) is 12.2 Å². The Morgan fingerprint density at radius 2 is 1.85 bits per heavy atom. The number of hydrogen-bond acceptors (Lipinski definition) is 4. The van der Waals surface area contributed by atoms with Crippen LogP contribution in [0.3, 0.4) is 0 Å². The highest BCUT2D eigenvalue weighted by molar-refractivity contribution is 6.15. The molecule has 1 aliphatic rings. The van der Waals surface area contributed by atoms with Gasteiger partial charge >= 0.3 is 0 Å². The fourth-order valence-electron chi connectivity index (χ4n) is 1.07. The van der Waals surface area contributed by atoms with Gasteiger partial charge in [-0.05, 0) is 0 Å². The minimum absolute atomic E-state index is 0.158. The number of nitrogens with two attached hydrogens (primary N) is 2. The average molecular weight is 183 g/mol. The molecule has 6 heteroatoms. The molecular weight excluding hydrogens is 174 g/mol. The first-order valence-electron chi connectivity index (χ1n) is 3.62. The Morgan fingerprint density at radius 3 is 2.15 bits per heavy atom. The first-order valence-corrected chi connectivity index (χ1v) is 3.62. The summed E-state index contributed by atoms with van der Waals surface area (Å²) in [5.41, 5.74) is 10.2. The number of primary amides is 1. The Labute approximate surface area is 74.2 Å². The lowest BCUT2D eigenvalue weighted by Crippen LogP contribution is -2.51. The smallest absolute Gasteiger partial charge is 0.254 e. The largest absolute Gasteiger partial charge is 0.368 e. The Bertz CT molecular complexity index is 279. The molecule has 1 atom stereocenters. The summed E-state index contributed by atoms with van der Waals surface area (Å²) in [7, 11) is 0. The molecule has 0 radical (unpaired) electrons. The molecule has 0 aliphatic carbocycles. The van der Waals surface area contributed by atoms with Crippen molar-refractivity contribution < 1.29 is 14.4 Å². The third-order valence-corrected chi connectivity index (χ3v) is 1.71. The molecule has 1 rings (SSSR count). The normalized spacial score (nSPS) is 18.1. The lowest BCUT2D eigenvalue weighted by Gasteiger charge is -2.21. The van der Waals surface area contributed by atoms with Crippen LogP contribution in [0.2, 0.25) is 0 Å². The number of nitrogens with zero attached hydrogens (tertiary/aromatic N) is 1. The first kappa shape index (κ1) is 9.40. The zero-order valence-corrected chi connectivity index (χ0v) is 6.77. The molecule has 0 bridgehead atoms. The van der Waals surface area contributed by atoms with E-state index in [-0.39, 0.29) is 6.54 Å². The van der Waals surface area contributed by atoms with E-state index >= 15 is 0 Å². The van der Waals surface area contributed by atoms with Gasteiger partial charge in [0.05, 0.1) is 0 Å². The van der Waals surface area contributed by atoms with Crippen LogP contribution in [0.5, 0.6) is 0 Å². The summed E-state index contributed by atoms with van der Waals surface area (Å²) < 4.78 is 0. The summed E-state index contributed by atoms with van der Waals surface area (Å²) in [6, 6.07) is -1.05. The fourth-order valence-corrected chi connectivity index (χ4v) is 1.07. The van der Waals surface area contributed by atoms with Crippen molar-refractivity contribution in [3.8, 4) is 0 Å². The van der Waals surface area contributed by atoms with Crippen molar-refractivity contribution in [1.82, 2.24) is 4.90 Å². The van der Waals surface area contributed by atoms with Gasteiger partial charge in [0.2, 0.25) is 5.91 Å². The lowest BCUT2D eigenvalue weighted by molar-refractivity contribution is -0.144. The van der Waals surface area contributed by atoms with Crippen LogP contribution in [0.15, 0.2) is 12.2 Å². The predicted molar refractivity (Wildman–Crippen MR) is 43.0 cm³/mol. The molecule has 0 unspecified atom stereocenters. The number of amides is 3. The second kappa shape index (κ2) is 3.36. The van der Waals surface area contributed by atoms with E-state index in [1.54, 1.807) is 0 Å². The fraction of sp³-hybridized carbons (Fsp3) is 0.286. The molecule has 0 fully saturated rings. The van der Waals surface area contributed by atoms with E-state index in [4.69, 9.17) is 11.5 Å². The summed E-state index contributed by atoms with van der Waals surface area (Å²) in [6.07, 6.45) is 2.15. The summed E-state index contributed by atoms with van der Waals surface area (Å²) in [6.45, 7) is -0.158. The van der Waals surface area contributed by atoms with E-state index < -0.39 is 23.8 Å². The van der Waals surface area contributed by atoms with Crippen LogP contribution in [0.4, 0.5) is 0 Å². The molecule has 70 valence electrons. The summed E-state index contributed by atoms with van der Waals surface area (Å²) in [5.74, 6) is -1.90. The molecule has 1 aliphatic heterocycles. The van der Waals surface area contributed by atoms with Gasteiger partial charge in [0, 0.05) is 18.7 Å². The molecule has 13 heavy (non-hydrogen) atoms. The highest BCUT2D eigenvalue weighted by Gasteiger charge is 2.33. The van der Waals surface area contributed by atoms with Gasteiger partial charge < -0.3 is 11.5 Å². The van der Waals surface area contributed by atoms with E-state index in [1.165, 1.54) is 0 Å². The summed E-state index contributed by atoms with van der Waals surface area (Å²) in [4.78, 5) is 33.6. The summed E-state index contributed by atoms with van der Waals surface area (Å²) in [5, 5.41) is 0. The maximum absolute atomic E-state index is 11.0. The third kappa shape index (κ3) is 1.57. The maximum Gasteiger partial charge on any atom is 0.254 e. The zero-order valence-electron chi connectivity index (χ0n) is 6.77. The van der Waals surface area contributed by atoms with Crippen LogP contribution in [0, 0.1) is 0 Å². The van der Waals surface area contributed by atoms with Crippen molar-refractivity contribution in [2.24, 2.45) is 11.5 Å². The van der Waals surface area contributed by atoms with Crippen LogP contribution in [-0.4, -0.2) is 35.2 Å².